The number of phenols is 1. The van der Waals surface area contributed by atoms with Crippen molar-refractivity contribution in [3.05, 3.63) is 89.3 Å². The van der Waals surface area contributed by atoms with E-state index in [1.165, 1.54) is 10.5 Å². The van der Waals surface area contributed by atoms with Gasteiger partial charge in [0, 0.05) is 94.9 Å². The van der Waals surface area contributed by atoms with Gasteiger partial charge in [-0.05, 0) is 91.7 Å². The van der Waals surface area contributed by atoms with Crippen LogP contribution in [0.25, 0.3) is 21.7 Å². The molecule has 5 fully saturated rings. The number of aromatic nitrogens is 5. The first-order chi connectivity index (χ1) is 35.2. The van der Waals surface area contributed by atoms with Crippen LogP contribution < -0.4 is 26.2 Å². The summed E-state index contributed by atoms with van der Waals surface area (Å²) in [7, 11) is 0. The number of hydrogen-bond acceptors (Lipinski definition) is 16. The molecule has 6 N–H and O–H groups in total. The van der Waals surface area contributed by atoms with Crippen molar-refractivity contribution in [3.8, 4) is 27.4 Å². The van der Waals surface area contributed by atoms with Crippen LogP contribution in [0.15, 0.2) is 72.5 Å². The highest BCUT2D eigenvalue weighted by Crippen LogP contribution is 2.40. The number of carbonyl (C=O) groups excluding carboxylic acids is 3. The number of β-amino-alcohol motifs (C(OH)–C–C–N with tert-alkyl or cyclic N) is 1. The number of benzene rings is 2. The lowest BCUT2D eigenvalue weighted by molar-refractivity contribution is -0.144. The normalized spacial score (nSPS) is 24.2. The van der Waals surface area contributed by atoms with Gasteiger partial charge in [0.25, 0.3) is 0 Å². The van der Waals surface area contributed by atoms with Crippen molar-refractivity contribution in [2.45, 2.75) is 121 Å². The standard InChI is InChI=1S/C54H69N13O5S/c1-33-48(73-32-59-33)36-11-9-34(10-12-36)25-56-51(71)45-23-41(68)30-66(45)52(72)49(54(2,3)4)60-47(70)31-63-19-21-64(22-20-63)38-15-13-35(14-16-38)37-26-57-53(58-27-37)67-39-17-18-40(67)29-65(28-39)44-24-43(61-62-50(44)55)42-7-5-6-8-46(42)69/h5-12,24,26-27,32,35,38-41,45,49,68-69H,13-23,25,28-31H2,1-4H3,(H2,55,62)(H,56,71)(H,60,70)/t35-,38+,39?,40?,41-,45+,49-/m1/s1. The number of phenolic OH excluding ortho intramolecular Hbond substituents is 1. The molecule has 18 nitrogen and oxygen atoms in total. The molecule has 5 atom stereocenters. The molecule has 10 rings (SSSR count). The number of likely N-dealkylation sites (tertiary alicyclic amines) is 1. The molecule has 0 radical (unpaired) electrons. The summed E-state index contributed by atoms with van der Waals surface area (Å²) >= 11 is 1.59. The highest BCUT2D eigenvalue weighted by atomic mass is 32.1. The minimum atomic E-state index is -0.878. The average Bonchev–Trinajstić information content (AvgIpc) is 4.08. The summed E-state index contributed by atoms with van der Waals surface area (Å²) < 4.78 is 0. The van der Waals surface area contributed by atoms with E-state index in [9.17, 15) is 24.6 Å². The molecule has 2 aromatic carbocycles. The molecule has 3 aromatic heterocycles. The number of nitrogens with one attached hydrogen (secondary N) is 2. The highest BCUT2D eigenvalue weighted by Gasteiger charge is 2.45. The highest BCUT2D eigenvalue weighted by molar-refractivity contribution is 7.13. The van der Waals surface area contributed by atoms with Crippen molar-refractivity contribution in [3.63, 3.8) is 0 Å². The van der Waals surface area contributed by atoms with Crippen LogP contribution in [0, 0.1) is 12.3 Å². The third-order valence-electron chi connectivity index (χ3n) is 15.9. The Labute approximate surface area is 431 Å². The summed E-state index contributed by atoms with van der Waals surface area (Å²) in [6.45, 7) is 13.0. The van der Waals surface area contributed by atoms with Gasteiger partial charge in [-0.25, -0.2) is 15.0 Å². The number of fused-ring (bicyclic) bond motifs is 2. The van der Waals surface area contributed by atoms with E-state index in [-0.39, 0.29) is 61.6 Å². The SMILES string of the molecule is Cc1ncsc1-c1ccc(CNC(=O)[C@@H]2C[C@@H](O)CN2C(=O)[C@@H](NC(=O)CN2CCN([C@H]3CC[C@@H](c4cnc(N5C6CCC5CN(c5cc(-c7ccccc7O)nnc5N)C6)nc4)CC3)CC2)C(C)(C)C)cc1. The maximum atomic E-state index is 14.3. The lowest BCUT2D eigenvalue weighted by Gasteiger charge is -2.42. The fraction of sp³-hybridized carbons (Fsp3) is 0.519. The van der Waals surface area contributed by atoms with Crippen LogP contribution in [0.2, 0.25) is 0 Å². The molecule has 5 aromatic rings. The number of nitrogens with two attached hydrogens (primary N) is 1. The van der Waals surface area contributed by atoms with Gasteiger partial charge in [0.15, 0.2) is 5.82 Å². The van der Waals surface area contributed by atoms with Crippen LogP contribution in [-0.2, 0) is 20.9 Å². The first-order valence-corrected chi connectivity index (χ1v) is 26.8. The fourth-order valence-corrected chi connectivity index (χ4v) is 12.6. The van der Waals surface area contributed by atoms with Gasteiger partial charge in [0.05, 0.1) is 40.1 Å². The van der Waals surface area contributed by atoms with Gasteiger partial charge < -0.3 is 41.3 Å². The van der Waals surface area contributed by atoms with E-state index in [1.807, 2.05) is 88.1 Å². The fourth-order valence-electron chi connectivity index (χ4n) is 11.8. The van der Waals surface area contributed by atoms with Gasteiger partial charge in [0.1, 0.15) is 17.8 Å². The number of aliphatic hydroxyl groups excluding tert-OH is 1. The second-order valence-corrected chi connectivity index (χ2v) is 22.6. The van der Waals surface area contributed by atoms with Gasteiger partial charge >= 0.3 is 0 Å². The maximum Gasteiger partial charge on any atom is 0.246 e. The number of piperazine rings is 2. The molecule has 1 saturated carbocycles. The molecule has 4 saturated heterocycles. The number of aryl methyl sites for hydroxylation is 1. The minimum absolute atomic E-state index is 0.0286. The van der Waals surface area contributed by atoms with Crippen LogP contribution >= 0.6 is 11.3 Å². The number of rotatable bonds is 13. The number of carbonyl (C=O) groups is 3. The number of aromatic hydroxyl groups is 1. The van der Waals surface area contributed by atoms with Crippen molar-refractivity contribution >= 4 is 46.5 Å². The predicted molar refractivity (Wildman–Crippen MR) is 282 cm³/mol. The number of para-hydroxylation sites is 1. The van der Waals surface area contributed by atoms with Crippen molar-refractivity contribution in [2.24, 2.45) is 5.41 Å². The Kier molecular flexibility index (Phi) is 14.7. The van der Waals surface area contributed by atoms with E-state index in [0.717, 1.165) is 111 Å². The monoisotopic (exact) mass is 1010 g/mol. The van der Waals surface area contributed by atoms with Crippen LogP contribution in [0.5, 0.6) is 5.75 Å². The summed E-state index contributed by atoms with van der Waals surface area (Å²) in [5, 5.41) is 35.7. The number of thiazole rings is 1. The Morgan fingerprint density at radius 3 is 2.21 bits per heavy atom. The average molecular weight is 1010 g/mol. The van der Waals surface area contributed by atoms with E-state index < -0.39 is 23.6 Å². The topological polar surface area (TPSA) is 222 Å². The smallest absolute Gasteiger partial charge is 0.246 e. The molecule has 1 aliphatic carbocycles. The third-order valence-corrected chi connectivity index (χ3v) is 16.8. The van der Waals surface area contributed by atoms with Crippen LogP contribution in [0.1, 0.15) is 88.5 Å². The first kappa shape index (κ1) is 50.3. The zero-order chi connectivity index (χ0) is 51.0. The largest absolute Gasteiger partial charge is 0.507 e. The molecule has 386 valence electrons. The van der Waals surface area contributed by atoms with Gasteiger partial charge in [-0.1, -0.05) is 57.2 Å². The van der Waals surface area contributed by atoms with Crippen molar-refractivity contribution in [1.29, 1.82) is 0 Å². The van der Waals surface area contributed by atoms with Crippen molar-refractivity contribution in [1.82, 2.24) is 50.5 Å². The lowest BCUT2D eigenvalue weighted by Crippen LogP contribution is -2.59. The summed E-state index contributed by atoms with van der Waals surface area (Å²) in [5.74, 6) is 0.814. The Morgan fingerprint density at radius 2 is 1.55 bits per heavy atom. The van der Waals surface area contributed by atoms with E-state index in [4.69, 9.17) is 15.7 Å². The summed E-state index contributed by atoms with van der Waals surface area (Å²) in [6.07, 6.45) is 9.81. The van der Waals surface area contributed by atoms with E-state index in [0.29, 0.717) is 29.0 Å². The van der Waals surface area contributed by atoms with Gasteiger partial charge in [-0.3, -0.25) is 24.2 Å². The van der Waals surface area contributed by atoms with Gasteiger partial charge in [0.2, 0.25) is 23.7 Å². The predicted octanol–water partition coefficient (Wildman–Crippen LogP) is 4.96. The number of aliphatic hydroxyl groups is 1. The Balaban J connectivity index is 0.670. The van der Waals surface area contributed by atoms with Crippen molar-refractivity contribution in [2.75, 3.05) is 67.9 Å². The molecule has 0 spiro atoms. The van der Waals surface area contributed by atoms with Crippen LogP contribution in [0.4, 0.5) is 17.5 Å². The Bertz CT molecular complexity index is 2740. The number of amides is 3. The molecular formula is C54H69N13O5S. The summed E-state index contributed by atoms with van der Waals surface area (Å²) in [6, 6.07) is 16.3. The zero-order valence-electron chi connectivity index (χ0n) is 42.4. The number of anilines is 3. The quantitative estimate of drug-likeness (QED) is 0.105. The molecule has 2 unspecified atom stereocenters. The Hall–Kier alpha value is -6.28. The van der Waals surface area contributed by atoms with E-state index in [2.05, 4.69) is 45.4 Å². The number of hydrogen-bond donors (Lipinski definition) is 5. The first-order valence-electron chi connectivity index (χ1n) is 25.9. The van der Waals surface area contributed by atoms with Crippen molar-refractivity contribution < 1.29 is 24.6 Å². The molecular weight excluding hydrogens is 943 g/mol. The van der Waals surface area contributed by atoms with Crippen LogP contribution in [0.3, 0.4) is 0 Å². The molecule has 5 aliphatic rings. The van der Waals surface area contributed by atoms with Gasteiger partial charge in [-0.15, -0.1) is 21.5 Å². The van der Waals surface area contributed by atoms with Crippen LogP contribution in [-0.4, -0.2) is 156 Å². The number of nitrogens with zero attached hydrogens (tertiary/aromatic N) is 10. The molecule has 3 amide bonds. The summed E-state index contributed by atoms with van der Waals surface area (Å²) in [4.78, 5) is 67.8. The molecule has 7 heterocycles. The summed E-state index contributed by atoms with van der Waals surface area (Å²) in [5.41, 5.74) is 13.8. The van der Waals surface area contributed by atoms with Gasteiger partial charge in [-0.2, -0.15) is 0 Å². The molecule has 19 heteroatoms. The lowest BCUT2D eigenvalue weighted by atomic mass is 9.82. The second kappa shape index (κ2) is 21.3. The maximum absolute atomic E-state index is 14.3. The zero-order valence-corrected chi connectivity index (χ0v) is 43.2. The van der Waals surface area contributed by atoms with E-state index in [1.54, 1.807) is 23.5 Å². The van der Waals surface area contributed by atoms with E-state index >= 15 is 0 Å². The second-order valence-electron chi connectivity index (χ2n) is 21.8. The Morgan fingerprint density at radius 1 is 0.863 bits per heavy atom. The molecule has 73 heavy (non-hydrogen) atoms. The number of nitrogen functional groups attached to an aromatic ring is 1. The third kappa shape index (κ3) is 11.0. The molecule has 4 aliphatic heterocycles. The minimum Gasteiger partial charge on any atom is -0.507 e. The molecule has 2 bridgehead atoms.